The molecule has 0 aliphatic heterocycles. The Hall–Kier alpha value is -3.20. The number of benzene rings is 2. The number of hydrogen-bond donors (Lipinski definition) is 2. The maximum atomic E-state index is 14.2. The number of rotatable bonds is 11. The van der Waals surface area contributed by atoms with Gasteiger partial charge in [-0.25, -0.2) is 4.79 Å². The van der Waals surface area contributed by atoms with E-state index in [2.05, 4.69) is 10.6 Å². The Labute approximate surface area is 237 Å². The van der Waals surface area contributed by atoms with Gasteiger partial charge in [0.15, 0.2) is 0 Å². The molecule has 0 saturated heterocycles. The van der Waals surface area contributed by atoms with E-state index in [1.165, 1.54) is 0 Å². The maximum Gasteiger partial charge on any atom is 0.408 e. The second-order valence-electron chi connectivity index (χ2n) is 10.8. The summed E-state index contributed by atoms with van der Waals surface area (Å²) in [7, 11) is 1.58. The first kappa shape index (κ1) is 32.0. The van der Waals surface area contributed by atoms with Crippen molar-refractivity contribution in [3.8, 4) is 5.75 Å². The number of ether oxygens (including phenoxy) is 2. The van der Waals surface area contributed by atoms with E-state index in [9.17, 15) is 14.4 Å². The third-order valence-electron chi connectivity index (χ3n) is 6.02. The first-order chi connectivity index (χ1) is 18.3. The first-order valence-corrected chi connectivity index (χ1v) is 14.5. The molecule has 2 unspecified atom stereocenters. The van der Waals surface area contributed by atoms with Crippen molar-refractivity contribution in [2.75, 3.05) is 24.4 Å². The Balaban J connectivity index is 2.54. The maximum absolute atomic E-state index is 14.2. The number of thioether (sulfide) groups is 1. The van der Waals surface area contributed by atoms with Gasteiger partial charge in [0.2, 0.25) is 5.91 Å². The molecule has 2 aromatic rings. The van der Waals surface area contributed by atoms with E-state index in [-0.39, 0.29) is 17.9 Å². The third-order valence-corrected chi connectivity index (χ3v) is 6.67. The fourth-order valence-corrected chi connectivity index (χ4v) is 4.63. The molecule has 2 atom stereocenters. The molecular weight excluding hydrogens is 514 g/mol. The molecule has 0 heterocycles. The minimum absolute atomic E-state index is 0.346. The Morgan fingerprint density at radius 2 is 1.67 bits per heavy atom. The average Bonchev–Trinajstić information content (AvgIpc) is 2.85. The van der Waals surface area contributed by atoms with Crippen molar-refractivity contribution in [1.29, 1.82) is 0 Å². The van der Waals surface area contributed by atoms with E-state index in [0.29, 0.717) is 23.6 Å². The van der Waals surface area contributed by atoms with Crippen LogP contribution in [0.5, 0.6) is 5.75 Å². The lowest BCUT2D eigenvalue weighted by molar-refractivity contribution is -0.143. The second-order valence-corrected chi connectivity index (χ2v) is 11.8. The van der Waals surface area contributed by atoms with Crippen molar-refractivity contribution in [3.63, 3.8) is 0 Å². The summed E-state index contributed by atoms with van der Waals surface area (Å²) in [6, 6.07) is 10.8. The molecule has 0 fully saturated rings. The van der Waals surface area contributed by atoms with Gasteiger partial charge in [0.05, 0.1) is 7.11 Å². The number of amides is 3. The number of methoxy groups -OCH3 is 1. The van der Waals surface area contributed by atoms with E-state index in [0.717, 1.165) is 16.7 Å². The smallest absolute Gasteiger partial charge is 0.408 e. The molecular formula is C30H43N3O5S. The summed E-state index contributed by atoms with van der Waals surface area (Å²) in [4.78, 5) is 42.4. The second kappa shape index (κ2) is 14.3. The highest BCUT2D eigenvalue weighted by molar-refractivity contribution is 7.98. The van der Waals surface area contributed by atoms with Crippen LogP contribution in [-0.4, -0.2) is 59.6 Å². The zero-order chi connectivity index (χ0) is 29.3. The average molecular weight is 558 g/mol. The van der Waals surface area contributed by atoms with Crippen molar-refractivity contribution in [2.45, 2.75) is 78.6 Å². The number of nitrogens with one attached hydrogen (secondary N) is 2. The highest BCUT2D eigenvalue weighted by atomic mass is 32.2. The van der Waals surface area contributed by atoms with Crippen LogP contribution in [0, 0.1) is 13.8 Å². The summed E-state index contributed by atoms with van der Waals surface area (Å²) in [5.74, 6) is 0.616. The first-order valence-electron chi connectivity index (χ1n) is 13.1. The summed E-state index contributed by atoms with van der Waals surface area (Å²) in [6.45, 7) is 12.9. The van der Waals surface area contributed by atoms with Crippen LogP contribution in [0.15, 0.2) is 42.5 Å². The van der Waals surface area contributed by atoms with Crippen molar-refractivity contribution >= 4 is 35.4 Å². The van der Waals surface area contributed by atoms with E-state index in [1.54, 1.807) is 68.8 Å². The summed E-state index contributed by atoms with van der Waals surface area (Å²) in [5.41, 5.74) is 2.45. The lowest BCUT2D eigenvalue weighted by Crippen LogP contribution is -2.54. The molecule has 0 aromatic heterocycles. The predicted octanol–water partition coefficient (Wildman–Crippen LogP) is 5.88. The van der Waals surface area contributed by atoms with E-state index in [4.69, 9.17) is 9.47 Å². The summed E-state index contributed by atoms with van der Waals surface area (Å²) in [6.07, 6.45) is 1.66. The van der Waals surface area contributed by atoms with Gasteiger partial charge in [0.25, 0.3) is 5.91 Å². The van der Waals surface area contributed by atoms with E-state index in [1.807, 2.05) is 52.1 Å². The molecule has 2 N–H and O–H groups in total. The molecule has 0 aliphatic rings. The number of hydrogen-bond acceptors (Lipinski definition) is 6. The van der Waals surface area contributed by atoms with Gasteiger partial charge in [-0.15, -0.1) is 0 Å². The van der Waals surface area contributed by atoms with Crippen LogP contribution >= 0.6 is 11.8 Å². The van der Waals surface area contributed by atoms with Crippen molar-refractivity contribution < 1.29 is 23.9 Å². The summed E-state index contributed by atoms with van der Waals surface area (Å²) >= 11 is 1.58. The molecule has 2 rings (SSSR count). The van der Waals surface area contributed by atoms with Gasteiger partial charge in [0, 0.05) is 11.7 Å². The van der Waals surface area contributed by atoms with Crippen molar-refractivity contribution in [3.05, 3.63) is 59.2 Å². The Bertz CT molecular complexity index is 1130. The highest BCUT2D eigenvalue weighted by Gasteiger charge is 2.38. The van der Waals surface area contributed by atoms with Gasteiger partial charge in [-0.1, -0.05) is 23.8 Å². The van der Waals surface area contributed by atoms with Crippen LogP contribution in [-0.2, 0) is 14.3 Å². The van der Waals surface area contributed by atoms with Gasteiger partial charge in [-0.3, -0.25) is 9.59 Å². The lowest BCUT2D eigenvalue weighted by Gasteiger charge is -2.38. The minimum atomic E-state index is -0.934. The summed E-state index contributed by atoms with van der Waals surface area (Å²) < 4.78 is 10.7. The van der Waals surface area contributed by atoms with E-state index < -0.39 is 23.8 Å². The number of carbonyl (C=O) groups is 3. The van der Waals surface area contributed by atoms with Crippen LogP contribution in [0.2, 0.25) is 0 Å². The lowest BCUT2D eigenvalue weighted by atomic mass is 9.95. The van der Waals surface area contributed by atoms with Crippen LogP contribution in [0.4, 0.5) is 10.5 Å². The Morgan fingerprint density at radius 1 is 1.03 bits per heavy atom. The molecule has 0 bridgehead atoms. The van der Waals surface area contributed by atoms with Crippen LogP contribution in [0.3, 0.4) is 0 Å². The van der Waals surface area contributed by atoms with Gasteiger partial charge >= 0.3 is 6.09 Å². The van der Waals surface area contributed by atoms with Crippen molar-refractivity contribution in [2.24, 2.45) is 0 Å². The topological polar surface area (TPSA) is 97.0 Å². The fourth-order valence-electron chi connectivity index (χ4n) is 4.16. The molecule has 214 valence electrons. The molecule has 39 heavy (non-hydrogen) atoms. The molecule has 9 heteroatoms. The SMILES string of the molecule is COc1ccc(NC(=O)C(c2cc(C)ccc2C)N(C(=O)C(CCSC)NC(=O)OC(C)(C)C)C(C)C)cc1. The normalized spacial score (nSPS) is 12.9. The Kier molecular flexibility index (Phi) is 11.7. The molecule has 0 aliphatic carbocycles. The highest BCUT2D eigenvalue weighted by Crippen LogP contribution is 2.30. The number of nitrogens with zero attached hydrogens (tertiary/aromatic N) is 1. The van der Waals surface area contributed by atoms with Gasteiger partial charge in [0.1, 0.15) is 23.4 Å². The molecule has 3 amide bonds. The van der Waals surface area contributed by atoms with Crippen LogP contribution in [0.1, 0.15) is 63.8 Å². The summed E-state index contributed by atoms with van der Waals surface area (Å²) in [5, 5.41) is 5.74. The number of anilines is 1. The number of carbonyl (C=O) groups excluding carboxylic acids is 3. The number of alkyl carbamates (subject to hydrolysis) is 1. The van der Waals surface area contributed by atoms with Gasteiger partial charge in [-0.05, 0) is 102 Å². The van der Waals surface area contributed by atoms with E-state index >= 15 is 0 Å². The Morgan fingerprint density at radius 3 is 2.21 bits per heavy atom. The van der Waals surface area contributed by atoms with Crippen LogP contribution < -0.4 is 15.4 Å². The molecule has 2 aromatic carbocycles. The quantitative estimate of drug-likeness (QED) is 0.358. The predicted molar refractivity (Wildman–Crippen MR) is 158 cm³/mol. The largest absolute Gasteiger partial charge is 0.497 e. The number of aryl methyl sites for hydroxylation is 2. The van der Waals surface area contributed by atoms with Crippen molar-refractivity contribution in [1.82, 2.24) is 10.2 Å². The molecule has 0 saturated carbocycles. The third kappa shape index (κ3) is 9.49. The van der Waals surface area contributed by atoms with Gasteiger partial charge < -0.3 is 25.0 Å². The fraction of sp³-hybridized carbons (Fsp3) is 0.500. The molecule has 0 spiro atoms. The monoisotopic (exact) mass is 557 g/mol. The zero-order valence-electron chi connectivity index (χ0n) is 24.6. The van der Waals surface area contributed by atoms with Crippen LogP contribution in [0.25, 0.3) is 0 Å². The van der Waals surface area contributed by atoms with Gasteiger partial charge in [-0.2, -0.15) is 11.8 Å². The standard InChI is InChI=1S/C30H43N3O5S/c1-19(2)33(28(35)25(16-17-39-9)32-29(36)38-30(5,6)7)26(24-18-20(3)10-11-21(24)4)27(34)31-22-12-14-23(37-8)15-13-22/h10-15,18-19,25-26H,16-17H2,1-9H3,(H,31,34)(H,32,36). The molecule has 0 radical (unpaired) electrons. The minimum Gasteiger partial charge on any atom is -0.497 e. The molecule has 8 nitrogen and oxygen atoms in total. The zero-order valence-corrected chi connectivity index (χ0v) is 25.4.